The van der Waals surface area contributed by atoms with Gasteiger partial charge in [0, 0.05) is 12.3 Å². The lowest BCUT2D eigenvalue weighted by molar-refractivity contribution is -0.127. The van der Waals surface area contributed by atoms with E-state index < -0.39 is 0 Å². The number of rotatable bonds is 2. The summed E-state index contributed by atoms with van der Waals surface area (Å²) in [7, 11) is 0. The van der Waals surface area contributed by atoms with Crippen LogP contribution in [0.5, 0.6) is 0 Å². The van der Waals surface area contributed by atoms with Gasteiger partial charge in [-0.15, -0.1) is 0 Å². The maximum absolute atomic E-state index is 12.1. The lowest BCUT2D eigenvalue weighted by Crippen LogP contribution is -2.37. The molecule has 1 saturated heterocycles. The third kappa shape index (κ3) is 2.79. The summed E-state index contributed by atoms with van der Waals surface area (Å²) >= 11 is 0. The molecule has 1 aliphatic rings. The van der Waals surface area contributed by atoms with Gasteiger partial charge in [0.15, 0.2) is 0 Å². The number of hydrogen-bond acceptors (Lipinski definition) is 3. The molecule has 2 heterocycles. The Labute approximate surface area is 106 Å². The number of nitrogens with one attached hydrogen (secondary N) is 2. The molecular formula is C13H18N2O3. The normalized spacial score (nSPS) is 23.7. The minimum absolute atomic E-state index is 0.0942. The first-order valence-corrected chi connectivity index (χ1v) is 6.20. The lowest BCUT2D eigenvalue weighted by atomic mass is 9.94. The molecule has 2 N–H and O–H groups in total. The first kappa shape index (κ1) is 12.8. The molecule has 1 aromatic heterocycles. The van der Waals surface area contributed by atoms with Gasteiger partial charge in [-0.25, -0.2) is 0 Å². The number of aromatic amines is 1. The fourth-order valence-electron chi connectivity index (χ4n) is 2.16. The third-order valence-electron chi connectivity index (χ3n) is 3.26. The lowest BCUT2D eigenvalue weighted by Gasteiger charge is -2.27. The zero-order valence-electron chi connectivity index (χ0n) is 10.7. The number of hydrogen-bond donors (Lipinski definition) is 2. The van der Waals surface area contributed by atoms with Gasteiger partial charge in [0.05, 0.1) is 12.0 Å². The Hall–Kier alpha value is -1.62. The minimum atomic E-state index is -0.271. The van der Waals surface area contributed by atoms with Crippen molar-refractivity contribution in [1.82, 2.24) is 4.98 Å². The Morgan fingerprint density at radius 2 is 2.28 bits per heavy atom. The van der Waals surface area contributed by atoms with Crippen LogP contribution in [0.3, 0.4) is 0 Å². The molecule has 0 spiro atoms. The molecule has 2 rings (SSSR count). The summed E-state index contributed by atoms with van der Waals surface area (Å²) < 4.78 is 5.45. The summed E-state index contributed by atoms with van der Waals surface area (Å²) in [5.74, 6) is -0.323. The Kier molecular flexibility index (Phi) is 3.81. The van der Waals surface area contributed by atoms with E-state index in [2.05, 4.69) is 10.3 Å². The second-order valence-corrected chi connectivity index (χ2v) is 4.70. The number of aryl methyl sites for hydroxylation is 1. The quantitative estimate of drug-likeness (QED) is 0.834. The van der Waals surface area contributed by atoms with Crippen LogP contribution in [-0.2, 0) is 9.53 Å². The van der Waals surface area contributed by atoms with Gasteiger partial charge in [0.25, 0.3) is 5.56 Å². The average molecular weight is 250 g/mol. The van der Waals surface area contributed by atoms with Crippen LogP contribution in [0.25, 0.3) is 0 Å². The van der Waals surface area contributed by atoms with Crippen molar-refractivity contribution in [2.45, 2.75) is 32.8 Å². The molecule has 1 fully saturated rings. The van der Waals surface area contributed by atoms with Crippen LogP contribution in [0, 0.1) is 12.8 Å². The van der Waals surface area contributed by atoms with Gasteiger partial charge in [-0.05, 0) is 38.8 Å². The van der Waals surface area contributed by atoms with Crippen LogP contribution in [0.15, 0.2) is 16.9 Å². The maximum atomic E-state index is 12.1. The number of pyridine rings is 1. The highest BCUT2D eigenvalue weighted by Gasteiger charge is 2.28. The summed E-state index contributed by atoms with van der Waals surface area (Å²) in [6.07, 6.45) is 1.59. The topological polar surface area (TPSA) is 71.2 Å². The number of H-pyrrole nitrogens is 1. The van der Waals surface area contributed by atoms with Crippen LogP contribution >= 0.6 is 0 Å². The second-order valence-electron chi connectivity index (χ2n) is 4.70. The molecule has 0 aromatic carbocycles. The maximum Gasteiger partial charge on any atom is 0.271 e. The van der Waals surface area contributed by atoms with Crippen molar-refractivity contribution >= 4 is 11.6 Å². The van der Waals surface area contributed by atoms with Crippen LogP contribution in [0.2, 0.25) is 0 Å². The molecule has 2 atom stereocenters. The molecule has 5 heteroatoms. The average Bonchev–Trinajstić information content (AvgIpc) is 2.33. The van der Waals surface area contributed by atoms with Crippen molar-refractivity contribution < 1.29 is 9.53 Å². The third-order valence-corrected chi connectivity index (χ3v) is 3.26. The van der Waals surface area contributed by atoms with E-state index in [4.69, 9.17) is 4.74 Å². The van der Waals surface area contributed by atoms with E-state index in [1.807, 2.05) is 6.92 Å². The van der Waals surface area contributed by atoms with E-state index in [9.17, 15) is 9.59 Å². The number of carbonyl (C=O) groups excluding carboxylic acids is 1. The molecule has 0 aliphatic carbocycles. The van der Waals surface area contributed by atoms with Gasteiger partial charge in [-0.2, -0.15) is 0 Å². The monoisotopic (exact) mass is 250 g/mol. The number of anilines is 1. The largest absolute Gasteiger partial charge is 0.378 e. The van der Waals surface area contributed by atoms with Crippen molar-refractivity contribution in [3.05, 3.63) is 28.2 Å². The van der Waals surface area contributed by atoms with Gasteiger partial charge in [0.2, 0.25) is 5.91 Å². The van der Waals surface area contributed by atoms with E-state index in [1.165, 1.54) is 0 Å². The van der Waals surface area contributed by atoms with Gasteiger partial charge >= 0.3 is 0 Å². The van der Waals surface area contributed by atoms with Crippen molar-refractivity contribution in [3.8, 4) is 0 Å². The smallest absolute Gasteiger partial charge is 0.271 e. The first-order valence-electron chi connectivity index (χ1n) is 6.20. The fraction of sp³-hybridized carbons (Fsp3) is 0.538. The summed E-state index contributed by atoms with van der Waals surface area (Å²) in [5.41, 5.74) is 0.795. The standard InChI is InChI=1S/C13H18N2O3/c1-8-5-6-11(13(17)14-8)15-12(16)10-4-3-7-18-9(10)2/h5-6,9-10H,3-4,7H2,1-2H3,(H,14,17)(H,15,16)/t9-,10-/m1/s1. The van der Waals surface area contributed by atoms with Gasteiger partial charge < -0.3 is 15.0 Å². The first-order chi connectivity index (χ1) is 8.58. The Bertz CT molecular complexity index is 495. The molecule has 1 aliphatic heterocycles. The summed E-state index contributed by atoms with van der Waals surface area (Å²) in [4.78, 5) is 26.4. The summed E-state index contributed by atoms with van der Waals surface area (Å²) in [5, 5.41) is 2.67. The summed E-state index contributed by atoms with van der Waals surface area (Å²) in [6, 6.07) is 3.39. The van der Waals surface area contributed by atoms with Crippen molar-refractivity contribution in [2.24, 2.45) is 5.92 Å². The molecule has 5 nitrogen and oxygen atoms in total. The fourth-order valence-corrected chi connectivity index (χ4v) is 2.16. The highest BCUT2D eigenvalue weighted by atomic mass is 16.5. The minimum Gasteiger partial charge on any atom is -0.378 e. The van der Waals surface area contributed by atoms with E-state index >= 15 is 0 Å². The Morgan fingerprint density at radius 1 is 1.50 bits per heavy atom. The van der Waals surface area contributed by atoms with Crippen molar-refractivity contribution in [2.75, 3.05) is 11.9 Å². The number of carbonyl (C=O) groups is 1. The molecule has 1 amide bonds. The Morgan fingerprint density at radius 3 is 2.94 bits per heavy atom. The van der Waals surface area contributed by atoms with Crippen LogP contribution in [-0.4, -0.2) is 23.6 Å². The molecule has 0 saturated carbocycles. The highest BCUT2D eigenvalue weighted by molar-refractivity contribution is 5.92. The van der Waals surface area contributed by atoms with Crippen LogP contribution in [0.4, 0.5) is 5.69 Å². The van der Waals surface area contributed by atoms with Crippen molar-refractivity contribution in [3.63, 3.8) is 0 Å². The van der Waals surface area contributed by atoms with E-state index in [-0.39, 0.29) is 23.5 Å². The Balaban J connectivity index is 2.08. The SMILES string of the molecule is Cc1ccc(NC(=O)[C@@H]2CCCO[C@@H]2C)c(=O)[nH]1. The number of aromatic nitrogens is 1. The van der Waals surface area contributed by atoms with E-state index in [0.29, 0.717) is 12.3 Å². The molecule has 0 radical (unpaired) electrons. The van der Waals surface area contributed by atoms with E-state index in [1.54, 1.807) is 19.1 Å². The van der Waals surface area contributed by atoms with Crippen LogP contribution < -0.4 is 10.9 Å². The number of amides is 1. The molecule has 0 unspecified atom stereocenters. The van der Waals surface area contributed by atoms with E-state index in [0.717, 1.165) is 18.5 Å². The summed E-state index contributed by atoms with van der Waals surface area (Å²) in [6.45, 7) is 4.39. The predicted octanol–water partition coefficient (Wildman–Crippen LogP) is 1.44. The van der Waals surface area contributed by atoms with Crippen LogP contribution in [0.1, 0.15) is 25.5 Å². The molecule has 98 valence electrons. The molecular weight excluding hydrogens is 232 g/mol. The highest BCUT2D eigenvalue weighted by Crippen LogP contribution is 2.21. The number of ether oxygens (including phenoxy) is 1. The predicted molar refractivity (Wildman–Crippen MR) is 68.6 cm³/mol. The van der Waals surface area contributed by atoms with Gasteiger partial charge in [0.1, 0.15) is 5.69 Å². The van der Waals surface area contributed by atoms with Crippen molar-refractivity contribution in [1.29, 1.82) is 0 Å². The molecule has 0 bridgehead atoms. The molecule has 18 heavy (non-hydrogen) atoms. The second kappa shape index (κ2) is 5.35. The molecule has 1 aromatic rings. The van der Waals surface area contributed by atoms with Gasteiger partial charge in [-0.1, -0.05) is 0 Å². The van der Waals surface area contributed by atoms with Gasteiger partial charge in [-0.3, -0.25) is 9.59 Å². The zero-order chi connectivity index (χ0) is 13.1. The zero-order valence-corrected chi connectivity index (χ0v) is 10.7.